The van der Waals surface area contributed by atoms with Gasteiger partial charge in [-0.25, -0.2) is 4.79 Å². The molecule has 1 aromatic carbocycles. The van der Waals surface area contributed by atoms with E-state index in [-0.39, 0.29) is 18.6 Å². The fourth-order valence-electron chi connectivity index (χ4n) is 2.51. The van der Waals surface area contributed by atoms with E-state index >= 15 is 0 Å². The minimum atomic E-state index is -0.735. The molecule has 0 N–H and O–H groups in total. The van der Waals surface area contributed by atoms with Crippen molar-refractivity contribution in [3.8, 4) is 0 Å². The first-order valence-corrected chi connectivity index (χ1v) is 8.48. The second-order valence-electron chi connectivity index (χ2n) is 5.85. The lowest BCUT2D eigenvalue weighted by atomic mass is 10.2. The van der Waals surface area contributed by atoms with Gasteiger partial charge in [0, 0.05) is 18.8 Å². The topological polar surface area (TPSA) is 65.1 Å². The minimum Gasteiger partial charge on any atom is -0.454 e. The Morgan fingerprint density at radius 3 is 2.80 bits per heavy atom. The van der Waals surface area contributed by atoms with E-state index in [9.17, 15) is 9.59 Å². The summed E-state index contributed by atoms with van der Waals surface area (Å²) < 4.78 is 16.0. The predicted octanol–water partition coefficient (Wildman–Crippen LogP) is 2.33. The van der Waals surface area contributed by atoms with E-state index < -0.39 is 12.1 Å². The maximum absolute atomic E-state index is 12.4. The van der Waals surface area contributed by atoms with E-state index in [1.165, 1.54) is 4.90 Å². The molecular weight excluding hydrogens is 322 g/mol. The van der Waals surface area contributed by atoms with Crippen LogP contribution in [0.3, 0.4) is 0 Å². The van der Waals surface area contributed by atoms with Crippen LogP contribution in [0.1, 0.15) is 19.8 Å². The van der Waals surface area contributed by atoms with Crippen molar-refractivity contribution in [3.05, 3.63) is 43.0 Å². The van der Waals surface area contributed by atoms with Crippen molar-refractivity contribution < 1.29 is 23.8 Å². The van der Waals surface area contributed by atoms with Crippen LogP contribution in [0.4, 0.5) is 5.69 Å². The van der Waals surface area contributed by atoms with Gasteiger partial charge in [-0.05, 0) is 31.9 Å². The number of rotatable bonds is 9. The van der Waals surface area contributed by atoms with Gasteiger partial charge in [0.25, 0.3) is 5.91 Å². The molecular formula is C19H25NO5. The maximum Gasteiger partial charge on any atom is 0.335 e. The average Bonchev–Trinajstić information content (AvgIpc) is 3.16. The second kappa shape index (κ2) is 9.96. The lowest BCUT2D eigenvalue weighted by Gasteiger charge is -2.21. The molecule has 1 aliphatic rings. The molecule has 6 heteroatoms. The third-order valence-corrected chi connectivity index (χ3v) is 3.91. The van der Waals surface area contributed by atoms with Gasteiger partial charge >= 0.3 is 5.97 Å². The first-order valence-electron chi connectivity index (χ1n) is 8.48. The molecule has 6 nitrogen and oxygen atoms in total. The smallest absolute Gasteiger partial charge is 0.335 e. The number of anilines is 1. The van der Waals surface area contributed by atoms with Crippen LogP contribution in [0.2, 0.25) is 0 Å². The maximum atomic E-state index is 12.4. The second-order valence-corrected chi connectivity index (χ2v) is 5.85. The minimum absolute atomic E-state index is 0.0399. The van der Waals surface area contributed by atoms with Crippen LogP contribution < -0.4 is 4.90 Å². The van der Waals surface area contributed by atoms with E-state index in [1.807, 2.05) is 30.3 Å². The summed E-state index contributed by atoms with van der Waals surface area (Å²) in [4.78, 5) is 25.9. The molecule has 2 atom stereocenters. The molecule has 1 heterocycles. The molecule has 1 aromatic rings. The Balaban J connectivity index is 1.80. The molecule has 1 aliphatic heterocycles. The molecule has 136 valence electrons. The van der Waals surface area contributed by atoms with Crippen molar-refractivity contribution in [2.24, 2.45) is 0 Å². The molecule has 0 aliphatic carbocycles. The summed E-state index contributed by atoms with van der Waals surface area (Å²) in [5.41, 5.74) is 0.728. The standard InChI is InChI=1S/C19H25NO5/c1-3-11-20(16-8-5-4-6-9-16)18(21)14-25-19(22)15(2)24-13-17-10-7-12-23-17/h3-6,8-9,15,17H,1,7,10-14H2,2H3. The number of ether oxygens (including phenoxy) is 3. The van der Waals surface area contributed by atoms with E-state index in [4.69, 9.17) is 14.2 Å². The zero-order valence-electron chi connectivity index (χ0n) is 14.6. The number of carbonyl (C=O) groups excluding carboxylic acids is 2. The van der Waals surface area contributed by atoms with Crippen LogP contribution in [0.15, 0.2) is 43.0 Å². The van der Waals surface area contributed by atoms with Crippen LogP contribution in [-0.2, 0) is 23.8 Å². The molecule has 0 saturated carbocycles. The van der Waals surface area contributed by atoms with Crippen LogP contribution in [-0.4, -0.2) is 50.4 Å². The van der Waals surface area contributed by atoms with E-state index in [0.29, 0.717) is 13.2 Å². The van der Waals surface area contributed by atoms with Crippen molar-refractivity contribution in [2.75, 3.05) is 31.3 Å². The Hall–Kier alpha value is -2.18. The van der Waals surface area contributed by atoms with Gasteiger partial charge in [0.2, 0.25) is 0 Å². The molecule has 0 radical (unpaired) electrons. The van der Waals surface area contributed by atoms with Gasteiger partial charge in [0.1, 0.15) is 0 Å². The number of amides is 1. The molecule has 2 unspecified atom stereocenters. The first kappa shape index (κ1) is 19.1. The fourth-order valence-corrected chi connectivity index (χ4v) is 2.51. The van der Waals surface area contributed by atoms with Crippen LogP contribution >= 0.6 is 0 Å². The van der Waals surface area contributed by atoms with Crippen molar-refractivity contribution in [1.82, 2.24) is 0 Å². The summed E-state index contributed by atoms with van der Waals surface area (Å²) in [6, 6.07) is 9.18. The Morgan fingerprint density at radius 2 is 2.16 bits per heavy atom. The first-order chi connectivity index (χ1) is 12.1. The largest absolute Gasteiger partial charge is 0.454 e. The summed E-state index contributed by atoms with van der Waals surface area (Å²) in [6.07, 6.45) is 2.88. The molecule has 1 fully saturated rings. The number of esters is 1. The third kappa shape index (κ3) is 5.99. The molecule has 2 rings (SSSR count). The molecule has 1 amide bonds. The van der Waals surface area contributed by atoms with E-state index in [2.05, 4.69) is 6.58 Å². The predicted molar refractivity (Wildman–Crippen MR) is 94.3 cm³/mol. The monoisotopic (exact) mass is 347 g/mol. The highest BCUT2D eigenvalue weighted by Crippen LogP contribution is 2.14. The summed E-state index contributed by atoms with van der Waals surface area (Å²) >= 11 is 0. The average molecular weight is 347 g/mol. The number of carbonyl (C=O) groups is 2. The Bertz CT molecular complexity index is 568. The summed E-state index contributed by atoms with van der Waals surface area (Å²) in [5, 5.41) is 0. The molecule has 0 aromatic heterocycles. The van der Waals surface area contributed by atoms with Crippen molar-refractivity contribution in [3.63, 3.8) is 0 Å². The van der Waals surface area contributed by atoms with Crippen LogP contribution in [0.25, 0.3) is 0 Å². The summed E-state index contributed by atoms with van der Waals surface area (Å²) in [7, 11) is 0. The Kier molecular flexibility index (Phi) is 7.63. The lowest BCUT2D eigenvalue weighted by Crippen LogP contribution is -2.36. The van der Waals surface area contributed by atoms with E-state index in [0.717, 1.165) is 25.1 Å². The quantitative estimate of drug-likeness (QED) is 0.507. The normalized spacial score (nSPS) is 17.7. The number of nitrogens with zero attached hydrogens (tertiary/aromatic N) is 1. The fraction of sp³-hybridized carbons (Fsp3) is 0.474. The van der Waals surface area contributed by atoms with Crippen molar-refractivity contribution >= 4 is 17.6 Å². The lowest BCUT2D eigenvalue weighted by molar-refractivity contribution is -0.160. The third-order valence-electron chi connectivity index (χ3n) is 3.91. The van der Waals surface area contributed by atoms with Crippen molar-refractivity contribution in [1.29, 1.82) is 0 Å². The highest BCUT2D eigenvalue weighted by molar-refractivity contribution is 5.95. The van der Waals surface area contributed by atoms with Gasteiger partial charge in [0.05, 0.1) is 12.7 Å². The van der Waals surface area contributed by atoms with Crippen molar-refractivity contribution in [2.45, 2.75) is 32.0 Å². The molecule has 0 spiro atoms. The number of para-hydroxylation sites is 1. The van der Waals surface area contributed by atoms with Crippen LogP contribution in [0, 0.1) is 0 Å². The zero-order chi connectivity index (χ0) is 18.1. The number of benzene rings is 1. The highest BCUT2D eigenvalue weighted by atomic mass is 16.6. The number of hydrogen-bond donors (Lipinski definition) is 0. The Morgan fingerprint density at radius 1 is 1.40 bits per heavy atom. The summed E-state index contributed by atoms with van der Waals surface area (Å²) in [5.74, 6) is -0.872. The number of hydrogen-bond acceptors (Lipinski definition) is 5. The van der Waals surface area contributed by atoms with Gasteiger partial charge in [-0.3, -0.25) is 4.79 Å². The zero-order valence-corrected chi connectivity index (χ0v) is 14.6. The molecule has 0 bridgehead atoms. The van der Waals surface area contributed by atoms with Gasteiger partial charge in [-0.2, -0.15) is 0 Å². The SMILES string of the molecule is C=CCN(C(=O)COC(=O)C(C)OCC1CCCO1)c1ccccc1. The van der Waals surface area contributed by atoms with E-state index in [1.54, 1.807) is 13.0 Å². The van der Waals surface area contributed by atoms with Gasteiger partial charge in [-0.1, -0.05) is 24.3 Å². The van der Waals surface area contributed by atoms with Gasteiger partial charge < -0.3 is 19.1 Å². The Labute approximate surface area is 148 Å². The van der Waals surface area contributed by atoms with Gasteiger partial charge in [0.15, 0.2) is 12.7 Å². The summed E-state index contributed by atoms with van der Waals surface area (Å²) in [6.45, 7) is 6.37. The highest BCUT2D eigenvalue weighted by Gasteiger charge is 2.22. The molecule has 1 saturated heterocycles. The van der Waals surface area contributed by atoms with Gasteiger partial charge in [-0.15, -0.1) is 6.58 Å². The molecule has 25 heavy (non-hydrogen) atoms. The van der Waals surface area contributed by atoms with Crippen LogP contribution in [0.5, 0.6) is 0 Å².